The van der Waals surface area contributed by atoms with Gasteiger partial charge in [-0.3, -0.25) is 0 Å². The van der Waals surface area contributed by atoms with Crippen LogP contribution >= 0.6 is 0 Å². The summed E-state index contributed by atoms with van der Waals surface area (Å²) in [7, 11) is 0. The Kier molecular flexibility index (Phi) is 9.84. The Labute approximate surface area is 157 Å². The van der Waals surface area contributed by atoms with Gasteiger partial charge in [0, 0.05) is 12.1 Å². The van der Waals surface area contributed by atoms with Crippen LogP contribution in [0.3, 0.4) is 0 Å². The van der Waals surface area contributed by atoms with E-state index in [4.69, 9.17) is 11.5 Å². The number of unbranched alkanes of at least 4 members (excludes halogenated alkanes) is 4. The molecular weight excluding hydrogens is 304 g/mol. The van der Waals surface area contributed by atoms with E-state index in [1.807, 2.05) is 0 Å². The molecule has 2 aliphatic carbocycles. The van der Waals surface area contributed by atoms with Crippen molar-refractivity contribution in [3.05, 3.63) is 0 Å². The third-order valence-corrected chi connectivity index (χ3v) is 7.32. The predicted molar refractivity (Wildman–Crippen MR) is 111 cm³/mol. The van der Waals surface area contributed by atoms with Crippen LogP contribution in [0.5, 0.6) is 0 Å². The van der Waals surface area contributed by atoms with Crippen molar-refractivity contribution in [1.82, 2.24) is 0 Å². The minimum absolute atomic E-state index is 0.481. The van der Waals surface area contributed by atoms with Crippen LogP contribution in [0.1, 0.15) is 110 Å². The number of hydrogen-bond donors (Lipinski definition) is 2. The maximum atomic E-state index is 6.45. The summed E-state index contributed by atoms with van der Waals surface area (Å²) in [6.07, 6.45) is 20.5. The lowest BCUT2D eigenvalue weighted by Crippen LogP contribution is -2.39. The van der Waals surface area contributed by atoms with Crippen molar-refractivity contribution in [2.45, 2.75) is 122 Å². The topological polar surface area (TPSA) is 52.0 Å². The standard InChI is InChI=1S/C23H46N2/c1-3-5-7-9-20-16-18(11-13-22(20)24)15-19-12-14-23(25)21(17-19)10-8-6-4-2/h18-23H,3-17,24-25H2,1-2H3. The summed E-state index contributed by atoms with van der Waals surface area (Å²) in [6.45, 7) is 4.60. The van der Waals surface area contributed by atoms with Crippen molar-refractivity contribution in [3.8, 4) is 0 Å². The van der Waals surface area contributed by atoms with E-state index in [9.17, 15) is 0 Å². The molecule has 0 aliphatic heterocycles. The first kappa shape index (κ1) is 21.2. The molecule has 0 bridgehead atoms. The molecule has 0 radical (unpaired) electrons. The van der Waals surface area contributed by atoms with Gasteiger partial charge in [-0.15, -0.1) is 0 Å². The van der Waals surface area contributed by atoms with Gasteiger partial charge in [0.15, 0.2) is 0 Å². The van der Waals surface area contributed by atoms with Gasteiger partial charge in [0.25, 0.3) is 0 Å². The molecule has 4 N–H and O–H groups in total. The molecular formula is C23H46N2. The normalized spacial score (nSPS) is 36.5. The molecule has 2 nitrogen and oxygen atoms in total. The SMILES string of the molecule is CCCCCC1CC(CC2CCC(N)C(CCCCC)C2)CCC1N. The Bertz CT molecular complexity index is 311. The Balaban J connectivity index is 1.76. The summed E-state index contributed by atoms with van der Waals surface area (Å²) < 4.78 is 0. The van der Waals surface area contributed by atoms with Crippen LogP contribution < -0.4 is 11.5 Å². The first-order valence-corrected chi connectivity index (χ1v) is 11.6. The molecule has 0 amide bonds. The Morgan fingerprint density at radius 2 is 1.08 bits per heavy atom. The second kappa shape index (κ2) is 11.6. The molecule has 0 aromatic heterocycles. The van der Waals surface area contributed by atoms with Crippen LogP contribution in [0.2, 0.25) is 0 Å². The lowest BCUT2D eigenvalue weighted by atomic mass is 9.69. The van der Waals surface area contributed by atoms with Crippen LogP contribution in [0.25, 0.3) is 0 Å². The van der Waals surface area contributed by atoms with Gasteiger partial charge in [-0.05, 0) is 81.5 Å². The maximum Gasteiger partial charge on any atom is 0.00673 e. The van der Waals surface area contributed by atoms with Gasteiger partial charge in [-0.1, -0.05) is 52.4 Å². The molecule has 0 aromatic carbocycles. The van der Waals surface area contributed by atoms with Crippen molar-refractivity contribution in [2.75, 3.05) is 0 Å². The van der Waals surface area contributed by atoms with Gasteiger partial charge in [-0.2, -0.15) is 0 Å². The van der Waals surface area contributed by atoms with Gasteiger partial charge in [-0.25, -0.2) is 0 Å². The summed E-state index contributed by atoms with van der Waals surface area (Å²) in [5, 5.41) is 0. The summed E-state index contributed by atoms with van der Waals surface area (Å²) in [5.41, 5.74) is 12.9. The first-order chi connectivity index (χ1) is 12.1. The molecule has 2 heteroatoms. The van der Waals surface area contributed by atoms with Crippen molar-refractivity contribution >= 4 is 0 Å². The highest BCUT2D eigenvalue weighted by molar-refractivity contribution is 4.87. The van der Waals surface area contributed by atoms with Gasteiger partial charge in [0.2, 0.25) is 0 Å². The fourth-order valence-electron chi connectivity index (χ4n) is 5.65. The fourth-order valence-corrected chi connectivity index (χ4v) is 5.65. The average molecular weight is 351 g/mol. The lowest BCUT2D eigenvalue weighted by molar-refractivity contribution is 0.148. The van der Waals surface area contributed by atoms with Gasteiger partial charge < -0.3 is 11.5 Å². The van der Waals surface area contributed by atoms with E-state index >= 15 is 0 Å². The van der Waals surface area contributed by atoms with Crippen LogP contribution in [0.15, 0.2) is 0 Å². The Morgan fingerprint density at radius 1 is 0.640 bits per heavy atom. The Morgan fingerprint density at radius 3 is 1.48 bits per heavy atom. The van der Waals surface area contributed by atoms with E-state index < -0.39 is 0 Å². The molecule has 2 rings (SSSR count). The first-order valence-electron chi connectivity index (χ1n) is 11.6. The summed E-state index contributed by atoms with van der Waals surface area (Å²) in [4.78, 5) is 0. The zero-order valence-corrected chi connectivity index (χ0v) is 17.2. The second-order valence-corrected chi connectivity index (χ2v) is 9.43. The van der Waals surface area contributed by atoms with Crippen molar-refractivity contribution in [2.24, 2.45) is 35.1 Å². The molecule has 0 heterocycles. The van der Waals surface area contributed by atoms with Gasteiger partial charge >= 0.3 is 0 Å². The van der Waals surface area contributed by atoms with E-state index in [1.54, 1.807) is 0 Å². The van der Waals surface area contributed by atoms with Crippen molar-refractivity contribution in [3.63, 3.8) is 0 Å². The number of hydrogen-bond acceptors (Lipinski definition) is 2. The second-order valence-electron chi connectivity index (χ2n) is 9.43. The van der Waals surface area contributed by atoms with E-state index in [2.05, 4.69) is 13.8 Å². The van der Waals surface area contributed by atoms with E-state index in [-0.39, 0.29) is 0 Å². The molecule has 2 saturated carbocycles. The average Bonchev–Trinajstić information content (AvgIpc) is 2.61. The molecule has 0 aromatic rings. The highest BCUT2D eigenvalue weighted by Crippen LogP contribution is 2.40. The zero-order chi connectivity index (χ0) is 18.1. The summed E-state index contributed by atoms with van der Waals surface area (Å²) >= 11 is 0. The van der Waals surface area contributed by atoms with Gasteiger partial charge in [0.05, 0.1) is 0 Å². The third kappa shape index (κ3) is 7.21. The smallest absolute Gasteiger partial charge is 0.00673 e. The molecule has 6 atom stereocenters. The van der Waals surface area contributed by atoms with Crippen LogP contribution in [0, 0.1) is 23.7 Å². The number of rotatable bonds is 10. The van der Waals surface area contributed by atoms with Crippen molar-refractivity contribution < 1.29 is 0 Å². The zero-order valence-electron chi connectivity index (χ0n) is 17.2. The van der Waals surface area contributed by atoms with Crippen LogP contribution in [-0.2, 0) is 0 Å². The molecule has 6 unspecified atom stereocenters. The highest BCUT2D eigenvalue weighted by atomic mass is 14.7. The maximum absolute atomic E-state index is 6.45. The number of nitrogens with two attached hydrogens (primary N) is 2. The minimum atomic E-state index is 0.481. The highest BCUT2D eigenvalue weighted by Gasteiger charge is 2.32. The summed E-state index contributed by atoms with van der Waals surface area (Å²) in [6, 6.07) is 0.962. The molecule has 2 fully saturated rings. The minimum Gasteiger partial charge on any atom is -0.327 e. The van der Waals surface area contributed by atoms with Crippen LogP contribution in [-0.4, -0.2) is 12.1 Å². The summed E-state index contributed by atoms with van der Waals surface area (Å²) in [5.74, 6) is 3.50. The fraction of sp³-hybridized carbons (Fsp3) is 1.00. The monoisotopic (exact) mass is 350 g/mol. The van der Waals surface area contributed by atoms with E-state index in [0.717, 1.165) is 23.7 Å². The quantitative estimate of drug-likeness (QED) is 0.473. The molecule has 0 spiro atoms. The lowest BCUT2D eigenvalue weighted by Gasteiger charge is -2.39. The molecule has 2 aliphatic rings. The predicted octanol–water partition coefficient (Wildman–Crippen LogP) is 6.02. The van der Waals surface area contributed by atoms with Crippen LogP contribution in [0.4, 0.5) is 0 Å². The van der Waals surface area contributed by atoms with Crippen molar-refractivity contribution in [1.29, 1.82) is 0 Å². The largest absolute Gasteiger partial charge is 0.327 e. The Hall–Kier alpha value is -0.0800. The molecule has 25 heavy (non-hydrogen) atoms. The van der Waals surface area contributed by atoms with E-state index in [1.165, 1.54) is 96.3 Å². The van der Waals surface area contributed by atoms with E-state index in [0.29, 0.717) is 12.1 Å². The molecule has 148 valence electrons. The molecule has 0 saturated heterocycles. The van der Waals surface area contributed by atoms with Gasteiger partial charge in [0.1, 0.15) is 0 Å². The third-order valence-electron chi connectivity index (χ3n) is 7.32.